The summed E-state index contributed by atoms with van der Waals surface area (Å²) in [5, 5.41) is 0. The number of unbranched alkanes of at least 4 members (excludes halogenated alkanes) is 40. The van der Waals surface area contributed by atoms with Crippen molar-refractivity contribution in [3.05, 3.63) is 72.9 Å². The highest BCUT2D eigenvalue weighted by Gasteiger charge is 2.19. The molecule has 0 aliphatic rings. The zero-order valence-corrected chi connectivity index (χ0v) is 52.6. The lowest BCUT2D eigenvalue weighted by atomic mass is 10.0. The van der Waals surface area contributed by atoms with Crippen molar-refractivity contribution >= 4 is 17.9 Å². The highest BCUT2D eigenvalue weighted by atomic mass is 16.6. The van der Waals surface area contributed by atoms with Gasteiger partial charge >= 0.3 is 17.9 Å². The van der Waals surface area contributed by atoms with E-state index in [9.17, 15) is 14.4 Å². The average Bonchev–Trinajstić information content (AvgIpc) is 3.45. The predicted octanol–water partition coefficient (Wildman–Crippen LogP) is 23.7. The lowest BCUT2D eigenvalue weighted by Gasteiger charge is -2.18. The molecule has 0 N–H and O–H groups in total. The Labute approximate surface area is 491 Å². The van der Waals surface area contributed by atoms with Gasteiger partial charge in [-0.2, -0.15) is 0 Å². The van der Waals surface area contributed by atoms with E-state index >= 15 is 0 Å². The molecule has 0 amide bonds. The average molecular weight is 1100 g/mol. The molecule has 0 radical (unpaired) electrons. The second-order valence-electron chi connectivity index (χ2n) is 23.1. The van der Waals surface area contributed by atoms with Gasteiger partial charge in [0.2, 0.25) is 0 Å². The molecule has 6 heteroatoms. The molecule has 0 aromatic heterocycles. The lowest BCUT2D eigenvalue weighted by Crippen LogP contribution is -2.30. The van der Waals surface area contributed by atoms with E-state index in [0.29, 0.717) is 19.3 Å². The van der Waals surface area contributed by atoms with Gasteiger partial charge in [-0.25, -0.2) is 0 Å². The largest absolute Gasteiger partial charge is 0.462 e. The van der Waals surface area contributed by atoms with Crippen molar-refractivity contribution in [1.82, 2.24) is 0 Å². The van der Waals surface area contributed by atoms with Gasteiger partial charge in [0.05, 0.1) is 0 Å². The molecule has 0 heterocycles. The van der Waals surface area contributed by atoms with E-state index in [4.69, 9.17) is 14.2 Å². The maximum absolute atomic E-state index is 12.9. The maximum atomic E-state index is 12.9. The topological polar surface area (TPSA) is 78.9 Å². The molecule has 0 rings (SSSR count). The number of carbonyl (C=O) groups is 3. The molecule has 79 heavy (non-hydrogen) atoms. The molecule has 0 bridgehead atoms. The predicted molar refractivity (Wildman–Crippen MR) is 344 cm³/mol. The number of ether oxygens (including phenoxy) is 3. The molecule has 0 aromatic carbocycles. The molecular weight excluding hydrogens is 973 g/mol. The minimum Gasteiger partial charge on any atom is -0.462 e. The van der Waals surface area contributed by atoms with Crippen LogP contribution in [-0.4, -0.2) is 37.2 Å². The van der Waals surface area contributed by atoms with Crippen LogP contribution in [0.3, 0.4) is 0 Å². The molecule has 0 fully saturated rings. The quantitative estimate of drug-likeness (QED) is 0.0261. The van der Waals surface area contributed by atoms with Crippen molar-refractivity contribution in [1.29, 1.82) is 0 Å². The van der Waals surface area contributed by atoms with Crippen molar-refractivity contribution in [2.75, 3.05) is 13.2 Å². The maximum Gasteiger partial charge on any atom is 0.306 e. The molecule has 0 saturated carbocycles. The summed E-state index contributed by atoms with van der Waals surface area (Å²) in [7, 11) is 0. The number of esters is 3. The number of allylic oxidation sites excluding steroid dienone is 12. The van der Waals surface area contributed by atoms with E-state index in [-0.39, 0.29) is 31.1 Å². The number of hydrogen-bond acceptors (Lipinski definition) is 6. The van der Waals surface area contributed by atoms with Crippen molar-refractivity contribution in [2.24, 2.45) is 0 Å². The van der Waals surface area contributed by atoms with Gasteiger partial charge in [-0.3, -0.25) is 14.4 Å². The van der Waals surface area contributed by atoms with Gasteiger partial charge in [0.15, 0.2) is 6.10 Å². The van der Waals surface area contributed by atoms with Crippen LogP contribution in [0.5, 0.6) is 0 Å². The van der Waals surface area contributed by atoms with Crippen LogP contribution in [0.25, 0.3) is 0 Å². The highest BCUT2D eigenvalue weighted by Crippen LogP contribution is 2.17. The SMILES string of the molecule is CC/C=C\C/C=C\C/C=C\C/C=C\C/C=C\CCCCCCCCCC(=O)OC(COC(=O)CCCCCCCCCCCCCCC)COC(=O)CCCCCCCCCCCCCCC/C=C\CCCCCCCCCC. The number of hydrogen-bond donors (Lipinski definition) is 0. The summed E-state index contributed by atoms with van der Waals surface area (Å²) in [6.07, 6.45) is 87.8. The van der Waals surface area contributed by atoms with Crippen LogP contribution in [0.2, 0.25) is 0 Å². The van der Waals surface area contributed by atoms with Crippen LogP contribution in [-0.2, 0) is 28.6 Å². The first-order valence-corrected chi connectivity index (χ1v) is 34.4. The molecule has 0 spiro atoms. The van der Waals surface area contributed by atoms with Gasteiger partial charge < -0.3 is 14.2 Å². The van der Waals surface area contributed by atoms with Crippen LogP contribution < -0.4 is 0 Å². The molecular formula is C73H130O6. The third-order valence-corrected chi connectivity index (χ3v) is 15.2. The van der Waals surface area contributed by atoms with E-state index < -0.39 is 6.10 Å². The van der Waals surface area contributed by atoms with Crippen LogP contribution >= 0.6 is 0 Å². The fourth-order valence-electron chi connectivity index (χ4n) is 10.1. The molecule has 458 valence electrons. The summed E-state index contributed by atoms with van der Waals surface area (Å²) >= 11 is 0. The molecule has 0 aliphatic carbocycles. The first-order valence-electron chi connectivity index (χ1n) is 34.4. The van der Waals surface area contributed by atoms with Crippen LogP contribution in [0.15, 0.2) is 72.9 Å². The van der Waals surface area contributed by atoms with Gasteiger partial charge in [-0.1, -0.05) is 318 Å². The Bertz CT molecular complexity index is 1450. The van der Waals surface area contributed by atoms with Gasteiger partial charge in [0, 0.05) is 19.3 Å². The van der Waals surface area contributed by atoms with Gasteiger partial charge in [-0.15, -0.1) is 0 Å². The van der Waals surface area contributed by atoms with Gasteiger partial charge in [0.1, 0.15) is 13.2 Å². The minimum absolute atomic E-state index is 0.0761. The molecule has 1 atom stereocenters. The Morgan fingerprint density at radius 3 is 0.785 bits per heavy atom. The first kappa shape index (κ1) is 75.8. The third kappa shape index (κ3) is 65.5. The Balaban J connectivity index is 4.29. The third-order valence-electron chi connectivity index (χ3n) is 15.2. The molecule has 1 unspecified atom stereocenters. The molecule has 6 nitrogen and oxygen atoms in total. The van der Waals surface area contributed by atoms with Crippen molar-refractivity contribution in [2.45, 2.75) is 361 Å². The Kier molecular flexibility index (Phi) is 64.7. The fourth-order valence-corrected chi connectivity index (χ4v) is 10.1. The number of carbonyl (C=O) groups excluding carboxylic acids is 3. The van der Waals surface area contributed by atoms with E-state index in [1.165, 1.54) is 218 Å². The van der Waals surface area contributed by atoms with E-state index in [1.807, 2.05) is 0 Å². The first-order chi connectivity index (χ1) is 39.0. The zero-order valence-electron chi connectivity index (χ0n) is 52.6. The highest BCUT2D eigenvalue weighted by molar-refractivity contribution is 5.71. The second kappa shape index (κ2) is 67.4. The summed E-state index contributed by atoms with van der Waals surface area (Å²) in [5.41, 5.74) is 0. The van der Waals surface area contributed by atoms with Gasteiger partial charge in [-0.05, 0) is 89.9 Å². The Morgan fingerprint density at radius 2 is 0.494 bits per heavy atom. The number of rotatable bonds is 63. The van der Waals surface area contributed by atoms with Crippen molar-refractivity contribution in [3.63, 3.8) is 0 Å². The summed E-state index contributed by atoms with van der Waals surface area (Å²) < 4.78 is 17.0. The zero-order chi connectivity index (χ0) is 57.1. The smallest absolute Gasteiger partial charge is 0.306 e. The summed E-state index contributed by atoms with van der Waals surface area (Å²) in [6, 6.07) is 0. The minimum atomic E-state index is -0.781. The Hall–Kier alpha value is -3.15. The monoisotopic (exact) mass is 1100 g/mol. The van der Waals surface area contributed by atoms with E-state index in [0.717, 1.165) is 96.3 Å². The van der Waals surface area contributed by atoms with Gasteiger partial charge in [0.25, 0.3) is 0 Å². The van der Waals surface area contributed by atoms with Crippen molar-refractivity contribution < 1.29 is 28.6 Å². The van der Waals surface area contributed by atoms with E-state index in [2.05, 4.69) is 93.7 Å². The van der Waals surface area contributed by atoms with Crippen LogP contribution in [0, 0.1) is 0 Å². The molecule has 0 aromatic rings. The van der Waals surface area contributed by atoms with Crippen LogP contribution in [0.1, 0.15) is 355 Å². The second-order valence-corrected chi connectivity index (χ2v) is 23.1. The molecule has 0 aliphatic heterocycles. The lowest BCUT2D eigenvalue weighted by molar-refractivity contribution is -0.167. The summed E-state index contributed by atoms with van der Waals surface area (Å²) in [5.74, 6) is -0.867. The standard InChI is InChI=1S/C73H130O6/c1-4-7-10-13-16-19-22-25-27-29-31-33-35-36-38-39-41-43-45-48-51-54-57-60-63-66-72(75)78-69-70(68-77-71(74)65-62-59-56-53-50-47-24-21-18-15-12-9-6-3)79-73(76)67-64-61-58-55-52-49-46-44-42-40-37-34-32-30-28-26-23-20-17-14-11-8-5-2/h8,11,17,20,26,28-29,31-32,34,40,42,70H,4-7,9-10,12-16,18-19,21-25,27,30,33,35-39,41,43-69H2,1-3H3/b11-8-,20-17-,28-26-,31-29-,34-32-,42-40-. The summed E-state index contributed by atoms with van der Waals surface area (Å²) in [6.45, 7) is 6.57. The fraction of sp³-hybridized carbons (Fsp3) is 0.795. The van der Waals surface area contributed by atoms with Crippen LogP contribution in [0.4, 0.5) is 0 Å². The van der Waals surface area contributed by atoms with E-state index in [1.54, 1.807) is 0 Å². The molecule has 0 saturated heterocycles. The Morgan fingerprint density at radius 1 is 0.266 bits per heavy atom. The van der Waals surface area contributed by atoms with Crippen molar-refractivity contribution in [3.8, 4) is 0 Å². The summed E-state index contributed by atoms with van der Waals surface area (Å²) in [4.78, 5) is 38.4. The normalized spacial score (nSPS) is 12.5.